The molecule has 5 nitrogen and oxygen atoms in total. The van der Waals surface area contributed by atoms with Crippen molar-refractivity contribution in [2.24, 2.45) is 0 Å². The predicted molar refractivity (Wildman–Crippen MR) is 85.4 cm³/mol. The van der Waals surface area contributed by atoms with Crippen LogP contribution in [0.2, 0.25) is 0 Å². The van der Waals surface area contributed by atoms with Crippen molar-refractivity contribution >= 4 is 17.6 Å². The lowest BCUT2D eigenvalue weighted by Gasteiger charge is -2.06. The molecular weight excluding hydrogens is 280 g/mol. The fraction of sp³-hybridized carbons (Fsp3) is 0.294. The van der Waals surface area contributed by atoms with Crippen LogP contribution in [-0.4, -0.2) is 23.5 Å². The molecule has 0 bridgehead atoms. The van der Waals surface area contributed by atoms with Gasteiger partial charge < -0.3 is 15.0 Å². The van der Waals surface area contributed by atoms with Crippen LogP contribution in [0.5, 0.6) is 0 Å². The molecule has 1 heterocycles. The Hall–Kier alpha value is -2.56. The number of nitrogens with one attached hydrogen (secondary N) is 2. The Bertz CT molecular complexity index is 717. The summed E-state index contributed by atoms with van der Waals surface area (Å²) >= 11 is 0. The van der Waals surface area contributed by atoms with Gasteiger partial charge in [0, 0.05) is 11.4 Å². The number of anilines is 1. The largest absolute Gasteiger partial charge is 0.462 e. The summed E-state index contributed by atoms with van der Waals surface area (Å²) in [5, 5.41) is 2.83. The van der Waals surface area contributed by atoms with Crippen LogP contribution in [0.3, 0.4) is 0 Å². The summed E-state index contributed by atoms with van der Waals surface area (Å²) in [6, 6.07) is 7.54. The van der Waals surface area contributed by atoms with Crippen molar-refractivity contribution in [3.63, 3.8) is 0 Å². The Morgan fingerprint density at radius 1 is 1.23 bits per heavy atom. The lowest BCUT2D eigenvalue weighted by molar-refractivity contribution is 0.0525. The molecule has 1 aromatic heterocycles. The highest BCUT2D eigenvalue weighted by atomic mass is 16.5. The molecule has 0 radical (unpaired) electrons. The second-order valence-electron chi connectivity index (χ2n) is 5.17. The van der Waals surface area contributed by atoms with Crippen molar-refractivity contribution in [1.29, 1.82) is 0 Å². The van der Waals surface area contributed by atoms with Gasteiger partial charge in [-0.1, -0.05) is 12.1 Å². The molecular formula is C17H20N2O3. The minimum atomic E-state index is -0.414. The third-order valence-electron chi connectivity index (χ3n) is 3.42. The summed E-state index contributed by atoms with van der Waals surface area (Å²) < 4.78 is 5.03. The molecule has 1 aromatic carbocycles. The SMILES string of the molecule is CCOC(=O)c1c(C)[nH]c(C(=O)Nc2cccc(C)c2)c1C. The van der Waals surface area contributed by atoms with E-state index in [0.29, 0.717) is 34.8 Å². The van der Waals surface area contributed by atoms with Crippen LogP contribution in [0.15, 0.2) is 24.3 Å². The van der Waals surface area contributed by atoms with Gasteiger partial charge in [0.2, 0.25) is 0 Å². The molecule has 2 rings (SSSR count). The number of amides is 1. The Balaban J connectivity index is 2.27. The molecule has 0 saturated heterocycles. The van der Waals surface area contributed by atoms with Crippen molar-refractivity contribution in [2.45, 2.75) is 27.7 Å². The summed E-state index contributed by atoms with van der Waals surface area (Å²) in [6.07, 6.45) is 0. The van der Waals surface area contributed by atoms with Gasteiger partial charge >= 0.3 is 5.97 Å². The molecule has 1 amide bonds. The van der Waals surface area contributed by atoms with E-state index in [1.54, 1.807) is 20.8 Å². The van der Waals surface area contributed by atoms with Crippen LogP contribution in [0.25, 0.3) is 0 Å². The zero-order chi connectivity index (χ0) is 16.3. The first-order valence-corrected chi connectivity index (χ1v) is 7.18. The normalized spacial score (nSPS) is 10.4. The molecule has 116 valence electrons. The molecule has 2 N–H and O–H groups in total. The Kier molecular flexibility index (Phi) is 4.65. The van der Waals surface area contributed by atoms with Crippen molar-refractivity contribution < 1.29 is 14.3 Å². The molecule has 0 atom stereocenters. The quantitative estimate of drug-likeness (QED) is 0.850. The zero-order valence-corrected chi connectivity index (χ0v) is 13.2. The molecule has 0 spiro atoms. The van der Waals surface area contributed by atoms with Gasteiger partial charge in [-0.15, -0.1) is 0 Å². The number of carbonyl (C=O) groups is 2. The maximum atomic E-state index is 12.4. The first-order valence-electron chi connectivity index (χ1n) is 7.18. The van der Waals surface area contributed by atoms with E-state index in [-0.39, 0.29) is 5.91 Å². The standard InChI is InChI=1S/C17H20N2O3/c1-5-22-17(21)14-11(3)15(18-12(14)4)16(20)19-13-8-6-7-10(2)9-13/h6-9,18H,5H2,1-4H3,(H,19,20). The van der Waals surface area contributed by atoms with E-state index in [1.165, 1.54) is 0 Å². The zero-order valence-electron chi connectivity index (χ0n) is 13.2. The Morgan fingerprint density at radius 3 is 2.59 bits per heavy atom. The van der Waals surface area contributed by atoms with Crippen LogP contribution in [0.4, 0.5) is 5.69 Å². The number of rotatable bonds is 4. The molecule has 0 saturated carbocycles. The van der Waals surface area contributed by atoms with E-state index in [0.717, 1.165) is 5.56 Å². The number of hydrogen-bond acceptors (Lipinski definition) is 3. The second kappa shape index (κ2) is 6.47. The Morgan fingerprint density at radius 2 is 1.95 bits per heavy atom. The lowest BCUT2D eigenvalue weighted by Crippen LogP contribution is -2.14. The van der Waals surface area contributed by atoms with Crippen molar-refractivity contribution in [1.82, 2.24) is 4.98 Å². The van der Waals surface area contributed by atoms with Gasteiger partial charge in [0.05, 0.1) is 12.2 Å². The number of H-pyrrole nitrogens is 1. The molecule has 2 aromatic rings. The summed E-state index contributed by atoms with van der Waals surface area (Å²) in [5.41, 5.74) is 3.81. The molecule has 0 unspecified atom stereocenters. The van der Waals surface area contributed by atoms with Gasteiger partial charge in [-0.2, -0.15) is 0 Å². The van der Waals surface area contributed by atoms with Gasteiger partial charge in [-0.3, -0.25) is 4.79 Å². The smallest absolute Gasteiger partial charge is 0.340 e. The summed E-state index contributed by atoms with van der Waals surface area (Å²) in [5.74, 6) is -0.690. The van der Waals surface area contributed by atoms with Crippen LogP contribution in [-0.2, 0) is 4.74 Å². The van der Waals surface area contributed by atoms with E-state index in [2.05, 4.69) is 10.3 Å². The molecule has 0 aliphatic rings. The number of aromatic nitrogens is 1. The number of benzene rings is 1. The van der Waals surface area contributed by atoms with Crippen LogP contribution in [0.1, 0.15) is 44.6 Å². The summed E-state index contributed by atoms with van der Waals surface area (Å²) in [4.78, 5) is 27.3. The van der Waals surface area contributed by atoms with E-state index in [4.69, 9.17) is 4.74 Å². The van der Waals surface area contributed by atoms with Crippen molar-refractivity contribution in [3.8, 4) is 0 Å². The molecule has 0 aliphatic heterocycles. The van der Waals surface area contributed by atoms with E-state index >= 15 is 0 Å². The highest BCUT2D eigenvalue weighted by Gasteiger charge is 2.22. The van der Waals surface area contributed by atoms with Gasteiger partial charge in [0.25, 0.3) is 5.91 Å². The number of carbonyl (C=O) groups excluding carboxylic acids is 2. The van der Waals surface area contributed by atoms with E-state index in [9.17, 15) is 9.59 Å². The van der Waals surface area contributed by atoms with Gasteiger partial charge in [0.15, 0.2) is 0 Å². The minimum absolute atomic E-state index is 0.276. The van der Waals surface area contributed by atoms with E-state index < -0.39 is 5.97 Å². The van der Waals surface area contributed by atoms with Gasteiger partial charge in [-0.05, 0) is 51.0 Å². The first-order chi connectivity index (χ1) is 10.4. The van der Waals surface area contributed by atoms with Crippen LogP contribution < -0.4 is 5.32 Å². The number of aromatic amines is 1. The van der Waals surface area contributed by atoms with Crippen LogP contribution in [0, 0.1) is 20.8 Å². The fourth-order valence-electron chi connectivity index (χ4n) is 2.40. The summed E-state index contributed by atoms with van der Waals surface area (Å²) in [6.45, 7) is 7.50. The molecule has 22 heavy (non-hydrogen) atoms. The molecule has 5 heteroatoms. The average Bonchev–Trinajstić information content (AvgIpc) is 2.74. The maximum absolute atomic E-state index is 12.4. The maximum Gasteiger partial charge on any atom is 0.340 e. The second-order valence-corrected chi connectivity index (χ2v) is 5.17. The minimum Gasteiger partial charge on any atom is -0.462 e. The predicted octanol–water partition coefficient (Wildman–Crippen LogP) is 3.37. The van der Waals surface area contributed by atoms with E-state index in [1.807, 2.05) is 31.2 Å². The first kappa shape index (κ1) is 15.8. The van der Waals surface area contributed by atoms with Gasteiger partial charge in [-0.25, -0.2) is 4.79 Å². The number of ether oxygens (including phenoxy) is 1. The molecule has 0 aliphatic carbocycles. The number of hydrogen-bond donors (Lipinski definition) is 2. The topological polar surface area (TPSA) is 71.2 Å². The van der Waals surface area contributed by atoms with Crippen LogP contribution >= 0.6 is 0 Å². The third-order valence-corrected chi connectivity index (χ3v) is 3.42. The third kappa shape index (κ3) is 3.19. The highest BCUT2D eigenvalue weighted by Crippen LogP contribution is 2.20. The average molecular weight is 300 g/mol. The number of esters is 1. The monoisotopic (exact) mass is 300 g/mol. The van der Waals surface area contributed by atoms with Crippen molar-refractivity contribution in [2.75, 3.05) is 11.9 Å². The highest BCUT2D eigenvalue weighted by molar-refractivity contribution is 6.06. The van der Waals surface area contributed by atoms with Crippen molar-refractivity contribution in [3.05, 3.63) is 52.3 Å². The fourth-order valence-corrected chi connectivity index (χ4v) is 2.40. The summed E-state index contributed by atoms with van der Waals surface area (Å²) in [7, 11) is 0. The molecule has 0 fully saturated rings. The van der Waals surface area contributed by atoms with Gasteiger partial charge in [0.1, 0.15) is 5.69 Å². The lowest BCUT2D eigenvalue weighted by atomic mass is 10.1. The Labute approximate surface area is 129 Å². The number of aryl methyl sites for hydroxylation is 2.